The Hall–Kier alpha value is -2.79. The van der Waals surface area contributed by atoms with Gasteiger partial charge in [0.1, 0.15) is 0 Å². The van der Waals surface area contributed by atoms with Crippen molar-refractivity contribution in [2.75, 3.05) is 16.9 Å². The summed E-state index contributed by atoms with van der Waals surface area (Å²) in [5.74, 6) is -0.129. The van der Waals surface area contributed by atoms with Gasteiger partial charge in [0.15, 0.2) is 0 Å². The van der Waals surface area contributed by atoms with Crippen LogP contribution < -0.4 is 10.6 Å². The predicted molar refractivity (Wildman–Crippen MR) is 104 cm³/mol. The number of aromatic nitrogens is 1. The minimum atomic E-state index is -0.129. The van der Waals surface area contributed by atoms with E-state index in [0.29, 0.717) is 12.1 Å². The monoisotopic (exact) mass is 349 g/mol. The lowest BCUT2D eigenvalue weighted by Crippen LogP contribution is -2.14. The van der Waals surface area contributed by atoms with E-state index in [9.17, 15) is 4.79 Å². The maximum Gasteiger partial charge on any atom is 0.257 e. The molecule has 2 N–H and O–H groups in total. The molecule has 126 valence electrons. The molecule has 0 aliphatic carbocycles. The van der Waals surface area contributed by atoms with Gasteiger partial charge >= 0.3 is 0 Å². The van der Waals surface area contributed by atoms with Gasteiger partial charge in [0, 0.05) is 35.2 Å². The van der Waals surface area contributed by atoms with Gasteiger partial charge in [-0.05, 0) is 54.3 Å². The molecule has 0 fully saturated rings. The summed E-state index contributed by atoms with van der Waals surface area (Å²) in [5, 5.41) is 6.30. The Morgan fingerprint density at radius 2 is 1.84 bits per heavy atom. The molecule has 0 atom stereocenters. The van der Waals surface area contributed by atoms with Crippen molar-refractivity contribution >= 4 is 29.0 Å². The van der Waals surface area contributed by atoms with E-state index in [0.717, 1.165) is 21.8 Å². The van der Waals surface area contributed by atoms with E-state index in [1.54, 1.807) is 24.2 Å². The van der Waals surface area contributed by atoms with Gasteiger partial charge in [-0.2, -0.15) is 0 Å². The highest BCUT2D eigenvalue weighted by molar-refractivity contribution is 7.98. The van der Waals surface area contributed by atoms with Crippen LogP contribution in [0.2, 0.25) is 0 Å². The zero-order valence-electron chi connectivity index (χ0n) is 13.9. The lowest BCUT2D eigenvalue weighted by atomic mass is 10.1. The molecular weight excluding hydrogens is 330 g/mol. The SMILES string of the molecule is CSc1cccc(NC(=O)c2ccccc2NCc2ccncc2)c1. The number of nitrogens with zero attached hydrogens (tertiary/aromatic N) is 1. The number of benzene rings is 2. The fourth-order valence-corrected chi connectivity index (χ4v) is 2.89. The Kier molecular flexibility index (Phi) is 5.69. The number of amides is 1. The molecule has 0 aliphatic rings. The van der Waals surface area contributed by atoms with Crippen molar-refractivity contribution in [1.82, 2.24) is 4.98 Å². The third-order valence-electron chi connectivity index (χ3n) is 3.73. The molecule has 0 saturated carbocycles. The maximum absolute atomic E-state index is 12.7. The van der Waals surface area contributed by atoms with Crippen molar-refractivity contribution in [3.8, 4) is 0 Å². The predicted octanol–water partition coefficient (Wildman–Crippen LogP) is 4.67. The first kappa shape index (κ1) is 17.0. The normalized spacial score (nSPS) is 10.3. The Morgan fingerprint density at radius 1 is 1.04 bits per heavy atom. The molecule has 1 heterocycles. The van der Waals surface area contributed by atoms with Crippen LogP contribution in [0.3, 0.4) is 0 Å². The molecule has 1 amide bonds. The average Bonchev–Trinajstić information content (AvgIpc) is 2.67. The molecular formula is C20H19N3OS. The van der Waals surface area contributed by atoms with Crippen molar-refractivity contribution in [2.45, 2.75) is 11.4 Å². The van der Waals surface area contributed by atoms with Crippen LogP contribution in [0.25, 0.3) is 0 Å². The number of carbonyl (C=O) groups excluding carboxylic acids is 1. The van der Waals surface area contributed by atoms with Crippen molar-refractivity contribution in [1.29, 1.82) is 0 Å². The van der Waals surface area contributed by atoms with Crippen LogP contribution in [0, 0.1) is 0 Å². The summed E-state index contributed by atoms with van der Waals surface area (Å²) in [5.41, 5.74) is 3.32. The molecule has 25 heavy (non-hydrogen) atoms. The summed E-state index contributed by atoms with van der Waals surface area (Å²) in [4.78, 5) is 17.8. The average molecular weight is 349 g/mol. The van der Waals surface area contributed by atoms with Gasteiger partial charge < -0.3 is 10.6 Å². The summed E-state index contributed by atoms with van der Waals surface area (Å²) < 4.78 is 0. The topological polar surface area (TPSA) is 54.0 Å². The Labute approximate surface area is 151 Å². The number of thioether (sulfide) groups is 1. The quantitative estimate of drug-likeness (QED) is 0.635. The van der Waals surface area contributed by atoms with Crippen LogP contribution in [0.5, 0.6) is 0 Å². The zero-order valence-corrected chi connectivity index (χ0v) is 14.7. The number of nitrogens with one attached hydrogen (secondary N) is 2. The lowest BCUT2D eigenvalue weighted by Gasteiger charge is -2.12. The second-order valence-electron chi connectivity index (χ2n) is 5.44. The summed E-state index contributed by atoms with van der Waals surface area (Å²) in [7, 11) is 0. The molecule has 1 aromatic heterocycles. The van der Waals surface area contributed by atoms with Gasteiger partial charge in [0.2, 0.25) is 0 Å². The number of para-hydroxylation sites is 1. The summed E-state index contributed by atoms with van der Waals surface area (Å²) in [6, 6.07) is 19.2. The van der Waals surface area contributed by atoms with E-state index in [-0.39, 0.29) is 5.91 Å². The molecule has 4 nitrogen and oxygen atoms in total. The first-order chi connectivity index (χ1) is 12.3. The van der Waals surface area contributed by atoms with Gasteiger partial charge in [-0.15, -0.1) is 11.8 Å². The number of pyridine rings is 1. The summed E-state index contributed by atoms with van der Waals surface area (Å²) >= 11 is 1.65. The molecule has 2 aromatic carbocycles. The van der Waals surface area contributed by atoms with Crippen molar-refractivity contribution in [3.63, 3.8) is 0 Å². The number of hydrogen-bond acceptors (Lipinski definition) is 4. The number of anilines is 2. The third-order valence-corrected chi connectivity index (χ3v) is 4.46. The number of carbonyl (C=O) groups is 1. The van der Waals surface area contributed by atoms with E-state index in [1.807, 2.05) is 66.9 Å². The summed E-state index contributed by atoms with van der Waals surface area (Å²) in [6.45, 7) is 0.634. The van der Waals surface area contributed by atoms with Crippen LogP contribution in [0.15, 0.2) is 78.0 Å². The first-order valence-electron chi connectivity index (χ1n) is 7.93. The van der Waals surface area contributed by atoms with Crippen molar-refractivity contribution in [3.05, 3.63) is 84.2 Å². The Morgan fingerprint density at radius 3 is 2.64 bits per heavy atom. The van der Waals surface area contributed by atoms with Gasteiger partial charge in [0.05, 0.1) is 5.56 Å². The van der Waals surface area contributed by atoms with E-state index in [1.165, 1.54) is 0 Å². The van der Waals surface area contributed by atoms with Crippen LogP contribution in [0.1, 0.15) is 15.9 Å². The van der Waals surface area contributed by atoms with E-state index < -0.39 is 0 Å². The fraction of sp³-hybridized carbons (Fsp3) is 0.100. The molecule has 0 unspecified atom stereocenters. The van der Waals surface area contributed by atoms with Gasteiger partial charge in [0.25, 0.3) is 5.91 Å². The molecule has 0 aliphatic heterocycles. The molecule has 0 saturated heterocycles. The molecule has 3 aromatic rings. The Balaban J connectivity index is 1.74. The fourth-order valence-electron chi connectivity index (χ4n) is 2.43. The van der Waals surface area contributed by atoms with E-state index in [2.05, 4.69) is 15.6 Å². The highest BCUT2D eigenvalue weighted by atomic mass is 32.2. The number of rotatable bonds is 6. The largest absolute Gasteiger partial charge is 0.380 e. The van der Waals surface area contributed by atoms with E-state index in [4.69, 9.17) is 0 Å². The van der Waals surface area contributed by atoms with Crippen molar-refractivity contribution in [2.24, 2.45) is 0 Å². The zero-order chi connectivity index (χ0) is 17.5. The molecule has 3 rings (SSSR count). The minimum absolute atomic E-state index is 0.129. The van der Waals surface area contributed by atoms with Crippen LogP contribution in [-0.2, 0) is 6.54 Å². The van der Waals surface area contributed by atoms with Gasteiger partial charge in [-0.1, -0.05) is 18.2 Å². The molecule has 0 bridgehead atoms. The third kappa shape index (κ3) is 4.61. The van der Waals surface area contributed by atoms with Crippen LogP contribution in [0.4, 0.5) is 11.4 Å². The molecule has 0 radical (unpaired) electrons. The molecule has 0 spiro atoms. The molecule has 5 heteroatoms. The van der Waals surface area contributed by atoms with E-state index >= 15 is 0 Å². The Bertz CT molecular complexity index is 852. The second kappa shape index (κ2) is 8.35. The van der Waals surface area contributed by atoms with Crippen LogP contribution in [-0.4, -0.2) is 17.1 Å². The van der Waals surface area contributed by atoms with Gasteiger partial charge in [-0.25, -0.2) is 0 Å². The maximum atomic E-state index is 12.7. The highest BCUT2D eigenvalue weighted by Gasteiger charge is 2.11. The highest BCUT2D eigenvalue weighted by Crippen LogP contribution is 2.21. The summed E-state index contributed by atoms with van der Waals surface area (Å²) in [6.07, 6.45) is 5.53. The second-order valence-corrected chi connectivity index (χ2v) is 6.32. The number of hydrogen-bond donors (Lipinski definition) is 2. The minimum Gasteiger partial charge on any atom is -0.380 e. The van der Waals surface area contributed by atoms with Crippen LogP contribution >= 0.6 is 11.8 Å². The van der Waals surface area contributed by atoms with Gasteiger partial charge in [-0.3, -0.25) is 9.78 Å². The first-order valence-corrected chi connectivity index (χ1v) is 9.16. The standard InChI is InChI=1S/C20H19N3OS/c1-25-17-6-4-5-16(13-17)23-20(24)18-7-2-3-8-19(18)22-14-15-9-11-21-12-10-15/h2-13,22H,14H2,1H3,(H,23,24). The van der Waals surface area contributed by atoms with Crippen molar-refractivity contribution < 1.29 is 4.79 Å². The lowest BCUT2D eigenvalue weighted by molar-refractivity contribution is 0.102. The smallest absolute Gasteiger partial charge is 0.257 e.